The number of aryl methyl sites for hydroxylation is 4. The standard InChI is InChI=1S/C21H25N3O5S/c1-14-11-16(3)20(17(4)12-14)30(28,29)23-9-7-22(8-10-23)21(25)18-6-5-15(2)19(13-18)24(26)27/h5-6,11-13H,7-10H2,1-4H3. The smallest absolute Gasteiger partial charge is 0.273 e. The maximum absolute atomic E-state index is 13.2. The van der Waals surface area contributed by atoms with Crippen LogP contribution in [0.4, 0.5) is 5.69 Å². The second kappa shape index (κ2) is 8.16. The van der Waals surface area contributed by atoms with Crippen LogP contribution in [-0.4, -0.2) is 54.6 Å². The molecule has 0 N–H and O–H groups in total. The Balaban J connectivity index is 1.77. The SMILES string of the molecule is Cc1cc(C)c(S(=O)(=O)N2CCN(C(=O)c3ccc(C)c([N+](=O)[O-])c3)CC2)c(C)c1. The number of hydrogen-bond donors (Lipinski definition) is 0. The second-order valence-electron chi connectivity index (χ2n) is 7.68. The first kappa shape index (κ1) is 21.9. The molecule has 0 atom stereocenters. The van der Waals surface area contributed by atoms with E-state index >= 15 is 0 Å². The molecule has 0 unspecified atom stereocenters. The summed E-state index contributed by atoms with van der Waals surface area (Å²) in [4.78, 5) is 25.3. The number of piperazine rings is 1. The maximum atomic E-state index is 13.2. The van der Waals surface area contributed by atoms with Crippen LogP contribution in [0.25, 0.3) is 0 Å². The molecular formula is C21H25N3O5S. The fourth-order valence-corrected chi connectivity index (χ4v) is 5.79. The van der Waals surface area contributed by atoms with Crippen molar-refractivity contribution in [2.75, 3.05) is 26.2 Å². The lowest BCUT2D eigenvalue weighted by Gasteiger charge is -2.34. The summed E-state index contributed by atoms with van der Waals surface area (Å²) in [6.45, 7) is 7.92. The van der Waals surface area contributed by atoms with Gasteiger partial charge in [-0.1, -0.05) is 23.8 Å². The van der Waals surface area contributed by atoms with Crippen molar-refractivity contribution in [1.29, 1.82) is 0 Å². The van der Waals surface area contributed by atoms with Gasteiger partial charge >= 0.3 is 0 Å². The molecular weight excluding hydrogens is 406 g/mol. The zero-order valence-corrected chi connectivity index (χ0v) is 18.3. The largest absolute Gasteiger partial charge is 0.336 e. The van der Waals surface area contributed by atoms with Crippen LogP contribution in [0.2, 0.25) is 0 Å². The summed E-state index contributed by atoms with van der Waals surface area (Å²) in [5.74, 6) is -0.335. The van der Waals surface area contributed by atoms with Gasteiger partial charge < -0.3 is 4.90 Å². The van der Waals surface area contributed by atoms with Gasteiger partial charge in [0.25, 0.3) is 11.6 Å². The van der Waals surface area contributed by atoms with Crippen molar-refractivity contribution in [3.05, 3.63) is 68.3 Å². The van der Waals surface area contributed by atoms with E-state index < -0.39 is 14.9 Å². The average Bonchev–Trinajstić information content (AvgIpc) is 2.66. The van der Waals surface area contributed by atoms with Crippen molar-refractivity contribution in [3.8, 4) is 0 Å². The summed E-state index contributed by atoms with van der Waals surface area (Å²) in [5.41, 5.74) is 3.03. The molecule has 3 rings (SSSR count). The Morgan fingerprint density at radius 3 is 2.03 bits per heavy atom. The van der Waals surface area contributed by atoms with Gasteiger partial charge in [0.1, 0.15) is 0 Å². The van der Waals surface area contributed by atoms with Crippen LogP contribution in [0.15, 0.2) is 35.2 Å². The highest BCUT2D eigenvalue weighted by Gasteiger charge is 2.32. The Hall–Kier alpha value is -2.78. The van der Waals surface area contributed by atoms with Gasteiger partial charge in [0.2, 0.25) is 10.0 Å². The molecule has 1 amide bonds. The third-order valence-electron chi connectivity index (χ3n) is 5.38. The Morgan fingerprint density at radius 1 is 0.933 bits per heavy atom. The third-order valence-corrected chi connectivity index (χ3v) is 7.59. The third kappa shape index (κ3) is 4.08. The predicted octanol–water partition coefficient (Wildman–Crippen LogP) is 2.98. The van der Waals surface area contributed by atoms with Gasteiger partial charge in [-0.2, -0.15) is 4.31 Å². The lowest BCUT2D eigenvalue weighted by molar-refractivity contribution is -0.385. The molecule has 0 spiro atoms. The Kier molecular flexibility index (Phi) is 5.96. The maximum Gasteiger partial charge on any atom is 0.273 e. The number of hydrogen-bond acceptors (Lipinski definition) is 5. The van der Waals surface area contributed by atoms with Crippen LogP contribution in [0.3, 0.4) is 0 Å². The first-order chi connectivity index (χ1) is 14.0. The molecule has 1 fully saturated rings. The first-order valence-corrected chi connectivity index (χ1v) is 11.1. The minimum absolute atomic E-state index is 0.104. The molecule has 160 valence electrons. The molecule has 0 bridgehead atoms. The molecule has 2 aromatic rings. The molecule has 0 saturated carbocycles. The van der Waals surface area contributed by atoms with E-state index in [0.717, 1.165) is 5.56 Å². The highest BCUT2D eigenvalue weighted by Crippen LogP contribution is 2.27. The average molecular weight is 432 g/mol. The lowest BCUT2D eigenvalue weighted by atomic mass is 10.1. The van der Waals surface area contributed by atoms with Gasteiger partial charge in [-0.3, -0.25) is 14.9 Å². The number of carbonyl (C=O) groups excluding carboxylic acids is 1. The van der Waals surface area contributed by atoms with Crippen molar-refractivity contribution in [1.82, 2.24) is 9.21 Å². The molecule has 0 aromatic heterocycles. The number of sulfonamides is 1. The molecule has 0 radical (unpaired) electrons. The lowest BCUT2D eigenvalue weighted by Crippen LogP contribution is -2.50. The van der Waals surface area contributed by atoms with Crippen LogP contribution in [0, 0.1) is 37.8 Å². The zero-order valence-electron chi connectivity index (χ0n) is 17.5. The molecule has 9 heteroatoms. The number of benzene rings is 2. The summed E-state index contributed by atoms with van der Waals surface area (Å²) >= 11 is 0. The molecule has 0 aliphatic carbocycles. The number of nitro groups is 1. The fourth-order valence-electron chi connectivity index (χ4n) is 3.96. The van der Waals surface area contributed by atoms with Crippen LogP contribution in [0.1, 0.15) is 32.6 Å². The quantitative estimate of drug-likeness (QED) is 0.547. The van der Waals surface area contributed by atoms with Crippen molar-refractivity contribution >= 4 is 21.6 Å². The van der Waals surface area contributed by atoms with E-state index in [-0.39, 0.29) is 43.3 Å². The Bertz CT molecular complexity index is 1100. The normalized spacial score (nSPS) is 15.3. The first-order valence-electron chi connectivity index (χ1n) is 9.64. The van der Waals surface area contributed by atoms with Crippen LogP contribution >= 0.6 is 0 Å². The summed E-state index contributed by atoms with van der Waals surface area (Å²) in [7, 11) is -3.67. The van der Waals surface area contributed by atoms with E-state index in [4.69, 9.17) is 0 Å². The number of rotatable bonds is 4. The highest BCUT2D eigenvalue weighted by molar-refractivity contribution is 7.89. The van der Waals surface area contributed by atoms with E-state index in [1.807, 2.05) is 19.1 Å². The molecule has 30 heavy (non-hydrogen) atoms. The van der Waals surface area contributed by atoms with Crippen LogP contribution in [0.5, 0.6) is 0 Å². The van der Waals surface area contributed by atoms with Gasteiger partial charge in [-0.15, -0.1) is 0 Å². The molecule has 1 aliphatic rings. The van der Waals surface area contributed by atoms with E-state index in [2.05, 4.69) is 0 Å². The molecule has 1 saturated heterocycles. The van der Waals surface area contributed by atoms with E-state index in [0.29, 0.717) is 21.6 Å². The van der Waals surface area contributed by atoms with Gasteiger partial charge in [-0.05, 0) is 44.9 Å². The van der Waals surface area contributed by atoms with Crippen molar-refractivity contribution in [2.24, 2.45) is 0 Å². The summed E-state index contributed by atoms with van der Waals surface area (Å²) in [6, 6.07) is 8.09. The van der Waals surface area contributed by atoms with E-state index in [1.54, 1.807) is 32.9 Å². The molecule has 1 heterocycles. The zero-order chi connectivity index (χ0) is 22.2. The van der Waals surface area contributed by atoms with Crippen LogP contribution < -0.4 is 0 Å². The fraction of sp³-hybridized carbons (Fsp3) is 0.381. The topological polar surface area (TPSA) is 101 Å². The predicted molar refractivity (Wildman–Crippen MR) is 113 cm³/mol. The van der Waals surface area contributed by atoms with Gasteiger partial charge in [0.05, 0.1) is 9.82 Å². The van der Waals surface area contributed by atoms with Gasteiger partial charge in [-0.25, -0.2) is 8.42 Å². The van der Waals surface area contributed by atoms with Crippen LogP contribution in [-0.2, 0) is 10.0 Å². The monoisotopic (exact) mass is 431 g/mol. The Labute approximate surface area is 176 Å². The Morgan fingerprint density at radius 2 is 1.50 bits per heavy atom. The number of nitrogens with zero attached hydrogens (tertiary/aromatic N) is 3. The molecule has 2 aromatic carbocycles. The van der Waals surface area contributed by atoms with E-state index in [9.17, 15) is 23.3 Å². The van der Waals surface area contributed by atoms with Gasteiger partial charge in [0, 0.05) is 43.4 Å². The number of carbonyl (C=O) groups is 1. The van der Waals surface area contributed by atoms with Crippen molar-refractivity contribution in [3.63, 3.8) is 0 Å². The number of amides is 1. The number of nitro benzene ring substituents is 1. The summed E-state index contributed by atoms with van der Waals surface area (Å²) in [6.07, 6.45) is 0. The van der Waals surface area contributed by atoms with E-state index in [1.165, 1.54) is 15.3 Å². The molecule has 1 aliphatic heterocycles. The van der Waals surface area contributed by atoms with Gasteiger partial charge in [0.15, 0.2) is 0 Å². The minimum Gasteiger partial charge on any atom is -0.336 e. The van der Waals surface area contributed by atoms with Crippen molar-refractivity contribution in [2.45, 2.75) is 32.6 Å². The minimum atomic E-state index is -3.67. The highest BCUT2D eigenvalue weighted by atomic mass is 32.2. The summed E-state index contributed by atoms with van der Waals surface area (Å²) < 4.78 is 27.8. The second-order valence-corrected chi connectivity index (χ2v) is 9.56. The summed E-state index contributed by atoms with van der Waals surface area (Å²) in [5, 5.41) is 11.1. The molecule has 8 nitrogen and oxygen atoms in total. The van der Waals surface area contributed by atoms with Crippen molar-refractivity contribution < 1.29 is 18.1 Å².